The second-order valence-electron chi connectivity index (χ2n) is 14.6. The number of fused-ring (bicyclic) bond motifs is 1. The summed E-state index contributed by atoms with van der Waals surface area (Å²) in [7, 11) is 0. The maximum atomic E-state index is 14.7. The van der Waals surface area contributed by atoms with E-state index in [1.54, 1.807) is 0 Å². The van der Waals surface area contributed by atoms with Crippen LogP contribution in [0.1, 0.15) is 52.5 Å². The van der Waals surface area contributed by atoms with Gasteiger partial charge in [-0.25, -0.2) is 9.78 Å². The molecule has 4 heterocycles. The number of oxime groups is 1. The molecule has 13 nitrogen and oxygen atoms in total. The van der Waals surface area contributed by atoms with Gasteiger partial charge in [0.2, 0.25) is 10.7 Å². The van der Waals surface area contributed by atoms with Gasteiger partial charge < -0.3 is 26.4 Å². The Hall–Kier alpha value is -6.85. The van der Waals surface area contributed by atoms with Crippen molar-refractivity contribution < 1.29 is 24.0 Å². The van der Waals surface area contributed by atoms with E-state index in [4.69, 9.17) is 32.6 Å². The third-order valence-corrected chi connectivity index (χ3v) is 13.8. The van der Waals surface area contributed by atoms with Crippen molar-refractivity contribution in [2.75, 3.05) is 11.5 Å². The van der Waals surface area contributed by atoms with Crippen molar-refractivity contribution in [2.24, 2.45) is 5.16 Å². The quantitative estimate of drug-likeness (QED) is 0.0313. The minimum absolute atomic E-state index is 0.0240. The van der Waals surface area contributed by atoms with Crippen LogP contribution in [-0.4, -0.2) is 55.7 Å². The molecule has 64 heavy (non-hydrogen) atoms. The summed E-state index contributed by atoms with van der Waals surface area (Å²) in [6.07, 6.45) is -0.0534. The number of hydrogen-bond acceptors (Lipinski definition) is 14. The van der Waals surface area contributed by atoms with Crippen molar-refractivity contribution in [3.05, 3.63) is 200 Å². The first-order chi connectivity index (χ1) is 31.2. The topological polar surface area (TPSA) is 188 Å². The Morgan fingerprint density at radius 3 is 1.80 bits per heavy atom. The van der Waals surface area contributed by atoms with Gasteiger partial charge in [-0.2, -0.15) is 0 Å². The number of hydrogen-bond donors (Lipinski definition) is 3. The van der Waals surface area contributed by atoms with Gasteiger partial charge in [-0.3, -0.25) is 14.5 Å². The molecule has 5 aromatic carbocycles. The Balaban J connectivity index is 1.06. The number of nitrogens with two attached hydrogens (primary N) is 2. The number of ether oxygens (including phenoxy) is 1. The van der Waals surface area contributed by atoms with E-state index in [1.165, 1.54) is 16.7 Å². The highest BCUT2D eigenvalue weighted by Crippen LogP contribution is 2.46. The number of rotatable bonds is 14. The highest BCUT2D eigenvalue weighted by Gasteiger charge is 2.54. The largest absolute Gasteiger partial charge is 0.448 e. The van der Waals surface area contributed by atoms with Crippen molar-refractivity contribution >= 4 is 79.8 Å². The summed E-state index contributed by atoms with van der Waals surface area (Å²) in [5.41, 5.74) is 14.0. The zero-order chi connectivity index (χ0) is 44.2. The van der Waals surface area contributed by atoms with Crippen LogP contribution in [0, 0.1) is 0 Å². The maximum absolute atomic E-state index is 14.7. The number of nitrogens with one attached hydrogen (secondary N) is 1. The monoisotopic (exact) mass is 924 g/mol. The molecule has 0 radical (unpaired) electrons. The van der Waals surface area contributed by atoms with Crippen LogP contribution in [0.3, 0.4) is 0 Å². The van der Waals surface area contributed by atoms with Crippen molar-refractivity contribution in [2.45, 2.75) is 41.0 Å². The van der Waals surface area contributed by atoms with Gasteiger partial charge in [-0.05, 0) is 24.0 Å². The first kappa shape index (κ1) is 42.5. The van der Waals surface area contributed by atoms with Crippen LogP contribution in [0.4, 0.5) is 10.3 Å². The third kappa shape index (κ3) is 8.35. The highest BCUT2D eigenvalue weighted by atomic mass is 35.5. The van der Waals surface area contributed by atoms with Crippen LogP contribution < -0.4 is 16.8 Å². The zero-order valence-corrected chi connectivity index (χ0v) is 36.8. The number of carbonyl (C=O) groups excluding carboxylic acids is 3. The Morgan fingerprint density at radius 2 is 1.31 bits per heavy atom. The van der Waals surface area contributed by atoms with Crippen molar-refractivity contribution in [3.8, 4) is 0 Å². The van der Waals surface area contributed by atoms with Gasteiger partial charge in [0.05, 0.1) is 6.04 Å². The SMILES string of the molecule is Nc1nnc(SC2=C(C(=O)OC(c3ccccc3)c3ccccc3)N3C(=O)[C@H](NC(=O)/C(=N/OC(c4ccccc4)(c4ccccc4)c4ccccc4)c4nc(N)sc4Cl)C3CC2)s1. The Kier molecular flexibility index (Phi) is 12.3. The molecule has 2 aromatic heterocycles. The predicted molar refractivity (Wildman–Crippen MR) is 248 cm³/mol. The first-order valence-corrected chi connectivity index (χ1v) is 22.8. The second kappa shape index (κ2) is 18.5. The number of thiazole rings is 1. The van der Waals surface area contributed by atoms with E-state index in [0.717, 1.165) is 50.5 Å². The number of esters is 1. The zero-order valence-electron chi connectivity index (χ0n) is 33.6. The molecule has 0 spiro atoms. The minimum atomic E-state index is -1.36. The van der Waals surface area contributed by atoms with Gasteiger partial charge in [0, 0.05) is 21.6 Å². The van der Waals surface area contributed by atoms with Crippen LogP contribution in [0.25, 0.3) is 0 Å². The molecule has 9 rings (SSSR count). The number of carbonyl (C=O) groups is 3. The molecule has 320 valence electrons. The average molecular weight is 926 g/mol. The molecular weight excluding hydrogens is 888 g/mol. The molecular formula is C47H37ClN8O5S3. The lowest BCUT2D eigenvalue weighted by Crippen LogP contribution is -2.72. The smallest absolute Gasteiger partial charge is 0.356 e. The number of amides is 2. The number of nitrogens with zero attached hydrogens (tertiary/aromatic N) is 5. The molecule has 1 fully saturated rings. The Bertz CT molecular complexity index is 2730. The predicted octanol–water partition coefficient (Wildman–Crippen LogP) is 8.35. The molecule has 0 saturated carbocycles. The van der Waals surface area contributed by atoms with E-state index in [1.807, 2.05) is 152 Å². The molecule has 0 bridgehead atoms. The highest BCUT2D eigenvalue weighted by molar-refractivity contribution is 8.04. The van der Waals surface area contributed by atoms with Crippen LogP contribution in [0.15, 0.2) is 172 Å². The van der Waals surface area contributed by atoms with E-state index in [9.17, 15) is 14.4 Å². The molecule has 2 atom stereocenters. The summed E-state index contributed by atoms with van der Waals surface area (Å²) in [5, 5.41) is 15.9. The Morgan fingerprint density at radius 1 is 0.781 bits per heavy atom. The molecule has 2 aliphatic rings. The minimum Gasteiger partial charge on any atom is -0.448 e. The summed E-state index contributed by atoms with van der Waals surface area (Å²) < 4.78 is 6.91. The van der Waals surface area contributed by atoms with E-state index >= 15 is 0 Å². The molecule has 1 unspecified atom stereocenters. The van der Waals surface area contributed by atoms with Crippen LogP contribution in [0.2, 0.25) is 4.34 Å². The van der Waals surface area contributed by atoms with E-state index in [0.29, 0.717) is 22.1 Å². The number of thioether (sulfide) groups is 1. The molecule has 5 N–H and O–H groups in total. The second-order valence-corrected chi connectivity index (χ2v) is 18.6. The summed E-state index contributed by atoms with van der Waals surface area (Å²) >= 11 is 10.0. The summed E-state index contributed by atoms with van der Waals surface area (Å²) in [4.78, 5) is 56.7. The average Bonchev–Trinajstić information content (AvgIpc) is 3.91. The molecule has 7 aromatic rings. The van der Waals surface area contributed by atoms with Gasteiger partial charge in [0.25, 0.3) is 11.8 Å². The number of benzene rings is 5. The van der Waals surface area contributed by atoms with Crippen LogP contribution in [-0.2, 0) is 29.6 Å². The van der Waals surface area contributed by atoms with Gasteiger partial charge in [-0.1, -0.05) is 203 Å². The van der Waals surface area contributed by atoms with Gasteiger partial charge in [-0.15, -0.1) is 10.2 Å². The maximum Gasteiger partial charge on any atom is 0.356 e. The number of β-lactam (4-membered cyclic amide) rings is 1. The lowest BCUT2D eigenvalue weighted by molar-refractivity contribution is -0.158. The Labute approximate surface area is 384 Å². The van der Waals surface area contributed by atoms with Gasteiger partial charge in [0.15, 0.2) is 21.3 Å². The van der Waals surface area contributed by atoms with Crippen molar-refractivity contribution in [1.82, 2.24) is 25.4 Å². The fourth-order valence-electron chi connectivity index (χ4n) is 7.89. The molecule has 1 saturated heterocycles. The van der Waals surface area contributed by atoms with E-state index < -0.39 is 41.6 Å². The standard InChI is InChI=1S/C47H37ClN8O5S3/c48-40-36(52-44(49)63-40)37(55-61-47(30-20-10-3-11-21-30,31-22-12-4-13-23-31)32-24-14-5-15-25-32)41(57)51-35-33-26-27-34(62-46-54-53-45(50)64-46)38(56(33)42(35)58)43(59)60-39(28-16-6-1-7-17-28)29-18-8-2-9-19-29/h1-25,33,35,39H,26-27H2,(H2,49,52)(H2,50,53)(H,51,57)/b55-37+/t33?,35-/m1/s1. The van der Waals surface area contributed by atoms with E-state index in [-0.39, 0.29) is 31.7 Å². The summed E-state index contributed by atoms with van der Waals surface area (Å²) in [6, 6.07) is 45.5. The first-order valence-electron chi connectivity index (χ1n) is 20.0. The van der Waals surface area contributed by atoms with Crippen LogP contribution >= 0.6 is 46.0 Å². The molecule has 2 amide bonds. The van der Waals surface area contributed by atoms with Gasteiger partial charge in [0.1, 0.15) is 21.8 Å². The molecule has 0 aliphatic carbocycles. The van der Waals surface area contributed by atoms with E-state index in [2.05, 4.69) is 25.7 Å². The number of allylic oxidation sites excluding steroid dienone is 1. The van der Waals surface area contributed by atoms with Gasteiger partial charge >= 0.3 is 5.97 Å². The number of anilines is 2. The number of aromatic nitrogens is 3. The fourth-order valence-corrected chi connectivity index (χ4v) is 10.7. The molecule has 2 aliphatic heterocycles. The lowest BCUT2D eigenvalue weighted by atomic mass is 9.80. The normalized spacial score (nSPS) is 16.2. The molecule has 17 heteroatoms. The number of halogens is 1. The van der Waals surface area contributed by atoms with Crippen molar-refractivity contribution in [3.63, 3.8) is 0 Å². The van der Waals surface area contributed by atoms with Crippen LogP contribution in [0.5, 0.6) is 0 Å². The summed E-state index contributed by atoms with van der Waals surface area (Å²) in [6.45, 7) is 0. The lowest BCUT2D eigenvalue weighted by Gasteiger charge is -2.50. The number of nitrogen functional groups attached to an aromatic ring is 2. The van der Waals surface area contributed by atoms with Crippen molar-refractivity contribution in [1.29, 1.82) is 0 Å². The fraction of sp³-hybridized carbons (Fsp3) is 0.128. The summed E-state index contributed by atoms with van der Waals surface area (Å²) in [5.74, 6) is -2.05. The third-order valence-electron chi connectivity index (χ3n) is 10.8.